The van der Waals surface area contributed by atoms with Crippen molar-refractivity contribution in [3.8, 4) is 0 Å². The van der Waals surface area contributed by atoms with Crippen molar-refractivity contribution in [3.63, 3.8) is 0 Å². The number of hydrogen-bond donors (Lipinski definition) is 3. The van der Waals surface area contributed by atoms with Crippen LogP contribution in [0, 0.1) is 5.92 Å². The van der Waals surface area contributed by atoms with Crippen LogP contribution in [0.1, 0.15) is 6.42 Å². The van der Waals surface area contributed by atoms with Gasteiger partial charge in [0.1, 0.15) is 0 Å². The number of hydrogen-bond acceptors (Lipinski definition) is 4. The van der Waals surface area contributed by atoms with Gasteiger partial charge in [0.2, 0.25) is 0 Å². The van der Waals surface area contributed by atoms with Crippen molar-refractivity contribution in [3.05, 3.63) is 35.6 Å². The van der Waals surface area contributed by atoms with Crippen LogP contribution < -0.4 is 10.6 Å². The van der Waals surface area contributed by atoms with E-state index >= 15 is 0 Å². The number of amides is 1. The highest BCUT2D eigenvalue weighted by molar-refractivity contribution is 7.80. The third kappa shape index (κ3) is 3.21. The van der Waals surface area contributed by atoms with E-state index in [0.29, 0.717) is 5.57 Å². The average molecular weight is 279 g/mol. The Morgan fingerprint density at radius 2 is 2.26 bits per heavy atom. The van der Waals surface area contributed by atoms with Gasteiger partial charge in [-0.3, -0.25) is 10.1 Å². The zero-order valence-electron chi connectivity index (χ0n) is 10.9. The minimum Gasteiger partial charge on any atom is -0.378 e. The van der Waals surface area contributed by atoms with Crippen LogP contribution in [0.15, 0.2) is 35.6 Å². The molecule has 2 aliphatic rings. The van der Waals surface area contributed by atoms with E-state index in [1.165, 1.54) is 0 Å². The number of aliphatic hydroxyl groups excluding tert-OH is 1. The van der Waals surface area contributed by atoms with Crippen LogP contribution in [0.25, 0.3) is 0 Å². The first-order chi connectivity index (χ1) is 8.97. The molecule has 3 N–H and O–H groups in total. The molecule has 102 valence electrons. The molecule has 0 aromatic carbocycles. The second-order valence-electron chi connectivity index (χ2n) is 4.73. The lowest BCUT2D eigenvalue weighted by Gasteiger charge is -2.25. The van der Waals surface area contributed by atoms with Crippen molar-refractivity contribution in [2.45, 2.75) is 12.6 Å². The van der Waals surface area contributed by atoms with Crippen molar-refractivity contribution >= 4 is 23.2 Å². The van der Waals surface area contributed by atoms with Gasteiger partial charge in [0.25, 0.3) is 5.91 Å². The molecule has 6 heteroatoms. The van der Waals surface area contributed by atoms with E-state index in [1.807, 2.05) is 31.1 Å². The van der Waals surface area contributed by atoms with Crippen LogP contribution in [-0.4, -0.2) is 41.3 Å². The number of aliphatic hydroxyl groups is 1. The number of carbonyl (C=O) groups excluding carboxylic acids is 1. The Labute approximate surface area is 117 Å². The number of nitrogens with one attached hydrogen (secondary N) is 2. The van der Waals surface area contributed by atoms with Crippen molar-refractivity contribution in [1.29, 1.82) is 0 Å². The van der Waals surface area contributed by atoms with Crippen molar-refractivity contribution in [2.24, 2.45) is 5.92 Å². The number of thiocarbonyl (C=S) groups is 1. The minimum absolute atomic E-state index is 0.104. The number of nitrogens with zero attached hydrogens (tertiary/aromatic N) is 1. The van der Waals surface area contributed by atoms with E-state index < -0.39 is 6.23 Å². The minimum atomic E-state index is -1.03. The van der Waals surface area contributed by atoms with Crippen molar-refractivity contribution in [1.82, 2.24) is 15.5 Å². The lowest BCUT2D eigenvalue weighted by atomic mass is 9.95. The Morgan fingerprint density at radius 1 is 1.53 bits per heavy atom. The fourth-order valence-corrected chi connectivity index (χ4v) is 2.22. The predicted molar refractivity (Wildman–Crippen MR) is 77.0 cm³/mol. The molecule has 2 unspecified atom stereocenters. The lowest BCUT2D eigenvalue weighted by Crippen LogP contribution is -2.53. The largest absolute Gasteiger partial charge is 0.378 e. The quantitative estimate of drug-likeness (QED) is 0.500. The van der Waals surface area contributed by atoms with E-state index in [2.05, 4.69) is 16.7 Å². The SMILES string of the molecule is CN(C)C1=CCC(/C=C2/C(=O)NC(=S)NC2O)C=C1. The maximum atomic E-state index is 11.7. The molecule has 0 bridgehead atoms. The monoisotopic (exact) mass is 279 g/mol. The van der Waals surface area contributed by atoms with Gasteiger partial charge in [-0.2, -0.15) is 0 Å². The van der Waals surface area contributed by atoms with Gasteiger partial charge in [0.05, 0.1) is 5.57 Å². The molecule has 1 heterocycles. The zero-order chi connectivity index (χ0) is 14.0. The molecular formula is C13H17N3O2S. The molecule has 1 aliphatic carbocycles. The highest BCUT2D eigenvalue weighted by Gasteiger charge is 2.26. The first-order valence-corrected chi connectivity index (χ1v) is 6.45. The summed E-state index contributed by atoms with van der Waals surface area (Å²) in [5.74, 6) is -0.236. The zero-order valence-corrected chi connectivity index (χ0v) is 11.7. The molecule has 1 aliphatic heterocycles. The van der Waals surface area contributed by atoms with Crippen molar-refractivity contribution in [2.75, 3.05) is 14.1 Å². The predicted octanol–water partition coefficient (Wildman–Crippen LogP) is 0.257. The van der Waals surface area contributed by atoms with Gasteiger partial charge < -0.3 is 15.3 Å². The highest BCUT2D eigenvalue weighted by atomic mass is 32.1. The summed E-state index contributed by atoms with van der Waals surface area (Å²) in [4.78, 5) is 13.8. The van der Waals surface area contributed by atoms with E-state index in [9.17, 15) is 9.90 Å². The Bertz CT molecular complexity index is 494. The first-order valence-electron chi connectivity index (χ1n) is 6.04. The Balaban J connectivity index is 2.09. The molecule has 0 aromatic rings. The molecule has 0 saturated carbocycles. The third-order valence-electron chi connectivity index (χ3n) is 3.08. The van der Waals surface area contributed by atoms with Crippen LogP contribution >= 0.6 is 12.2 Å². The van der Waals surface area contributed by atoms with Crippen LogP contribution in [0.3, 0.4) is 0 Å². The Kier molecular flexibility index (Phi) is 4.01. The Morgan fingerprint density at radius 3 is 2.79 bits per heavy atom. The van der Waals surface area contributed by atoms with Gasteiger partial charge in [0.15, 0.2) is 11.3 Å². The normalized spacial score (nSPS) is 28.8. The number of allylic oxidation sites excluding steroid dienone is 4. The molecule has 0 radical (unpaired) electrons. The molecule has 1 fully saturated rings. The summed E-state index contributed by atoms with van der Waals surface area (Å²) in [6.45, 7) is 0. The summed E-state index contributed by atoms with van der Waals surface area (Å²) < 4.78 is 0. The van der Waals surface area contributed by atoms with Crippen molar-refractivity contribution < 1.29 is 9.90 Å². The van der Waals surface area contributed by atoms with Crippen LogP contribution in [0.4, 0.5) is 0 Å². The fraction of sp³-hybridized carbons (Fsp3) is 0.385. The summed E-state index contributed by atoms with van der Waals surface area (Å²) >= 11 is 4.80. The summed E-state index contributed by atoms with van der Waals surface area (Å²) in [7, 11) is 3.97. The lowest BCUT2D eigenvalue weighted by molar-refractivity contribution is -0.117. The number of rotatable bonds is 2. The summed E-state index contributed by atoms with van der Waals surface area (Å²) in [6, 6.07) is 0. The van der Waals surface area contributed by atoms with Gasteiger partial charge in [-0.1, -0.05) is 18.2 Å². The maximum Gasteiger partial charge on any atom is 0.257 e. The molecular weight excluding hydrogens is 262 g/mol. The average Bonchev–Trinajstić information content (AvgIpc) is 2.34. The Hall–Kier alpha value is -1.66. The van der Waals surface area contributed by atoms with E-state index in [0.717, 1.165) is 12.1 Å². The summed E-state index contributed by atoms with van der Waals surface area (Å²) in [5, 5.41) is 15.1. The third-order valence-corrected chi connectivity index (χ3v) is 3.29. The maximum absolute atomic E-state index is 11.7. The topological polar surface area (TPSA) is 64.6 Å². The molecule has 0 spiro atoms. The van der Waals surface area contributed by atoms with Gasteiger partial charge in [-0.05, 0) is 30.6 Å². The van der Waals surface area contributed by atoms with Gasteiger partial charge in [0, 0.05) is 19.8 Å². The van der Waals surface area contributed by atoms with Gasteiger partial charge in [-0.25, -0.2) is 0 Å². The molecule has 19 heavy (non-hydrogen) atoms. The van der Waals surface area contributed by atoms with Gasteiger partial charge in [-0.15, -0.1) is 0 Å². The summed E-state index contributed by atoms with van der Waals surface area (Å²) in [5.41, 5.74) is 1.45. The van der Waals surface area contributed by atoms with Crippen LogP contribution in [-0.2, 0) is 4.79 Å². The van der Waals surface area contributed by atoms with Crippen LogP contribution in [0.5, 0.6) is 0 Å². The smallest absolute Gasteiger partial charge is 0.257 e. The molecule has 1 amide bonds. The molecule has 5 nitrogen and oxygen atoms in total. The van der Waals surface area contributed by atoms with E-state index in [4.69, 9.17) is 12.2 Å². The van der Waals surface area contributed by atoms with Gasteiger partial charge >= 0.3 is 0 Å². The number of carbonyl (C=O) groups is 1. The first kappa shape index (κ1) is 13.8. The fourth-order valence-electron chi connectivity index (χ4n) is 2.02. The van der Waals surface area contributed by atoms with E-state index in [1.54, 1.807) is 6.08 Å². The molecule has 1 saturated heterocycles. The molecule has 2 rings (SSSR count). The number of likely N-dealkylation sites (N-methyl/N-ethyl adjacent to an activating group) is 1. The second-order valence-corrected chi connectivity index (χ2v) is 5.14. The van der Waals surface area contributed by atoms with Crippen LogP contribution in [0.2, 0.25) is 0 Å². The molecule has 0 aromatic heterocycles. The standard InChI is InChI=1S/C13H17N3O2S/c1-16(2)9-5-3-8(4-6-9)7-10-11(17)14-13(19)15-12(10)18/h3,5-8,11,17H,4H2,1-2H3,(H2,14,15,18,19)/b10-7+. The summed E-state index contributed by atoms with van der Waals surface area (Å²) in [6.07, 6.45) is 7.68. The van der Waals surface area contributed by atoms with E-state index in [-0.39, 0.29) is 16.9 Å². The highest BCUT2D eigenvalue weighted by Crippen LogP contribution is 2.21. The second kappa shape index (κ2) is 5.54. The molecule has 2 atom stereocenters.